The molecule has 1 heterocycles. The Morgan fingerprint density at radius 1 is 1.03 bits per heavy atom. The van der Waals surface area contributed by atoms with Crippen LogP contribution in [0.5, 0.6) is 5.75 Å². The molecule has 0 N–H and O–H groups in total. The zero-order chi connectivity index (χ0) is 21.6. The van der Waals surface area contributed by atoms with E-state index in [-0.39, 0.29) is 6.61 Å². The lowest BCUT2D eigenvalue weighted by Crippen LogP contribution is -2.39. The summed E-state index contributed by atoms with van der Waals surface area (Å²) in [5.74, 6) is 1.12. The molecule has 6 heteroatoms. The number of likely N-dealkylation sites (N-methyl/N-ethyl adjacent to an activating group) is 1. The molecule has 0 saturated heterocycles. The van der Waals surface area contributed by atoms with Crippen LogP contribution in [0.3, 0.4) is 0 Å². The first-order chi connectivity index (χ1) is 15.1. The summed E-state index contributed by atoms with van der Waals surface area (Å²) in [7, 11) is 1.94. The highest BCUT2D eigenvalue weighted by Gasteiger charge is 2.25. The molecule has 31 heavy (non-hydrogen) atoms. The fraction of sp³-hybridized carbons (Fsp3) is 0.200. The minimum Gasteiger partial charge on any atom is -0.490 e. The molecule has 1 aliphatic heterocycles. The van der Waals surface area contributed by atoms with Gasteiger partial charge in [-0.1, -0.05) is 66.2 Å². The summed E-state index contributed by atoms with van der Waals surface area (Å²) >= 11 is 6.18. The van der Waals surface area contributed by atoms with E-state index in [2.05, 4.69) is 17.1 Å². The van der Waals surface area contributed by atoms with E-state index in [1.807, 2.05) is 54.4 Å². The smallest absolute Gasteiger partial charge is 0.340 e. The molecule has 0 radical (unpaired) electrons. The van der Waals surface area contributed by atoms with Crippen molar-refractivity contribution in [3.63, 3.8) is 0 Å². The van der Waals surface area contributed by atoms with E-state index in [0.717, 1.165) is 11.4 Å². The van der Waals surface area contributed by atoms with E-state index in [0.29, 0.717) is 29.4 Å². The molecule has 0 fully saturated rings. The number of rotatable bonds is 7. The second-order valence-corrected chi connectivity index (χ2v) is 7.72. The summed E-state index contributed by atoms with van der Waals surface area (Å²) in [6.45, 7) is 1.29. The molecule has 0 bridgehead atoms. The number of fused-ring (bicyclic) bond motifs is 1. The predicted octanol–water partition coefficient (Wildman–Crippen LogP) is 4.84. The lowest BCUT2D eigenvalue weighted by molar-refractivity contribution is 0.0130. The summed E-state index contributed by atoms with van der Waals surface area (Å²) in [5.41, 5.74) is 2.62. The lowest BCUT2D eigenvalue weighted by atomic mass is 10.1. The van der Waals surface area contributed by atoms with Gasteiger partial charge in [-0.3, -0.25) is 4.99 Å². The predicted molar refractivity (Wildman–Crippen MR) is 122 cm³/mol. The molecule has 0 aromatic heterocycles. The molecule has 1 aliphatic rings. The van der Waals surface area contributed by atoms with Gasteiger partial charge in [0, 0.05) is 12.6 Å². The van der Waals surface area contributed by atoms with Crippen LogP contribution in [-0.4, -0.2) is 43.0 Å². The molecule has 3 aromatic carbocycles. The third kappa shape index (κ3) is 5.06. The van der Waals surface area contributed by atoms with Crippen molar-refractivity contribution in [2.24, 2.45) is 4.99 Å². The number of aliphatic imine (C=N–C) groups is 1. The van der Waals surface area contributed by atoms with Crippen LogP contribution in [0.4, 0.5) is 0 Å². The maximum absolute atomic E-state index is 12.8. The van der Waals surface area contributed by atoms with Gasteiger partial charge in [0.1, 0.15) is 18.2 Å². The van der Waals surface area contributed by atoms with Crippen molar-refractivity contribution < 1.29 is 14.3 Å². The highest BCUT2D eigenvalue weighted by atomic mass is 35.5. The van der Waals surface area contributed by atoms with Crippen LogP contribution in [0.15, 0.2) is 83.9 Å². The molecular formula is C25H23ClN2O3. The molecule has 0 aliphatic carbocycles. The van der Waals surface area contributed by atoms with E-state index >= 15 is 0 Å². The van der Waals surface area contributed by atoms with Gasteiger partial charge in [0.2, 0.25) is 0 Å². The molecule has 4 rings (SSSR count). The fourth-order valence-electron chi connectivity index (χ4n) is 3.51. The standard InChI is InChI=1S/C25H23ClN2O3/c1-28(24-21-12-6-5-9-18(21)15-27-24)16-20(17-30-19-10-3-2-4-11-19)31-25(29)22-13-7-8-14-23(22)26/h2-14,20H,15-17H2,1H3. The third-order valence-corrected chi connectivity index (χ3v) is 5.37. The minimum atomic E-state index is -0.524. The van der Waals surface area contributed by atoms with Gasteiger partial charge < -0.3 is 14.4 Å². The van der Waals surface area contributed by atoms with Crippen LogP contribution in [0, 0.1) is 0 Å². The van der Waals surface area contributed by atoms with Gasteiger partial charge in [-0.2, -0.15) is 0 Å². The second kappa shape index (κ2) is 9.67. The van der Waals surface area contributed by atoms with E-state index < -0.39 is 12.1 Å². The van der Waals surface area contributed by atoms with Crippen LogP contribution >= 0.6 is 11.6 Å². The van der Waals surface area contributed by atoms with Crippen LogP contribution < -0.4 is 4.74 Å². The fourth-order valence-corrected chi connectivity index (χ4v) is 3.72. The lowest BCUT2D eigenvalue weighted by Gasteiger charge is -2.26. The van der Waals surface area contributed by atoms with Crippen molar-refractivity contribution in [1.82, 2.24) is 4.90 Å². The Morgan fingerprint density at radius 2 is 1.74 bits per heavy atom. The SMILES string of the molecule is CN(CC(COc1ccccc1)OC(=O)c1ccccc1Cl)C1=NCc2ccccc21. The van der Waals surface area contributed by atoms with Crippen molar-refractivity contribution >= 4 is 23.4 Å². The Hall–Kier alpha value is -3.31. The molecule has 1 atom stereocenters. The molecule has 3 aromatic rings. The molecular weight excluding hydrogens is 412 g/mol. The van der Waals surface area contributed by atoms with E-state index in [1.165, 1.54) is 5.56 Å². The first-order valence-electron chi connectivity index (χ1n) is 10.1. The third-order valence-electron chi connectivity index (χ3n) is 5.04. The van der Waals surface area contributed by atoms with Crippen LogP contribution in [0.1, 0.15) is 21.5 Å². The number of para-hydroxylation sites is 1. The summed E-state index contributed by atoms with van der Waals surface area (Å²) in [6.07, 6.45) is -0.524. The zero-order valence-electron chi connectivity index (χ0n) is 17.2. The van der Waals surface area contributed by atoms with Gasteiger partial charge in [0.25, 0.3) is 0 Å². The Morgan fingerprint density at radius 3 is 2.55 bits per heavy atom. The number of hydrogen-bond acceptors (Lipinski definition) is 5. The molecule has 1 unspecified atom stereocenters. The monoisotopic (exact) mass is 434 g/mol. The Kier molecular flexibility index (Phi) is 6.53. The van der Waals surface area contributed by atoms with Crippen LogP contribution in [0.2, 0.25) is 5.02 Å². The summed E-state index contributed by atoms with van der Waals surface area (Å²) in [4.78, 5) is 19.4. The Labute approximate surface area is 186 Å². The minimum absolute atomic E-state index is 0.208. The number of carbonyl (C=O) groups excluding carboxylic acids is 1. The number of ether oxygens (including phenoxy) is 2. The number of carbonyl (C=O) groups is 1. The molecule has 0 amide bonds. The summed E-state index contributed by atoms with van der Waals surface area (Å²) in [5, 5.41) is 0.359. The molecule has 5 nitrogen and oxygen atoms in total. The van der Waals surface area contributed by atoms with Crippen molar-refractivity contribution in [1.29, 1.82) is 0 Å². The molecule has 158 valence electrons. The molecule has 0 saturated carbocycles. The topological polar surface area (TPSA) is 51.1 Å². The van der Waals surface area contributed by atoms with Crippen LogP contribution in [0.25, 0.3) is 0 Å². The largest absolute Gasteiger partial charge is 0.490 e. The van der Waals surface area contributed by atoms with Crippen molar-refractivity contribution in [3.8, 4) is 5.75 Å². The summed E-state index contributed by atoms with van der Waals surface area (Å²) < 4.78 is 11.7. The Bertz CT molecular complexity index is 1080. The van der Waals surface area contributed by atoms with Gasteiger partial charge in [-0.25, -0.2) is 4.79 Å². The quantitative estimate of drug-likeness (QED) is 0.499. The zero-order valence-corrected chi connectivity index (χ0v) is 18.0. The first kappa shape index (κ1) is 20.9. The van der Waals surface area contributed by atoms with Crippen molar-refractivity contribution in [2.75, 3.05) is 20.2 Å². The maximum atomic E-state index is 12.8. The number of nitrogens with zero attached hydrogens (tertiary/aromatic N) is 2. The van der Waals surface area contributed by atoms with Gasteiger partial charge in [0.05, 0.1) is 23.7 Å². The number of hydrogen-bond donors (Lipinski definition) is 0. The number of esters is 1. The van der Waals surface area contributed by atoms with Gasteiger partial charge >= 0.3 is 5.97 Å². The van der Waals surface area contributed by atoms with Gasteiger partial charge in [-0.15, -0.1) is 0 Å². The number of amidine groups is 1. The van der Waals surface area contributed by atoms with Crippen molar-refractivity contribution in [2.45, 2.75) is 12.6 Å². The number of benzene rings is 3. The highest BCUT2D eigenvalue weighted by molar-refractivity contribution is 6.33. The average molecular weight is 435 g/mol. The van der Waals surface area contributed by atoms with E-state index in [9.17, 15) is 4.79 Å². The van der Waals surface area contributed by atoms with Crippen LogP contribution in [-0.2, 0) is 11.3 Å². The highest BCUT2D eigenvalue weighted by Crippen LogP contribution is 2.21. The number of halogens is 1. The summed E-state index contributed by atoms with van der Waals surface area (Å²) in [6, 6.07) is 24.5. The van der Waals surface area contributed by atoms with E-state index in [1.54, 1.807) is 24.3 Å². The van der Waals surface area contributed by atoms with E-state index in [4.69, 9.17) is 21.1 Å². The first-order valence-corrected chi connectivity index (χ1v) is 10.5. The maximum Gasteiger partial charge on any atom is 0.340 e. The average Bonchev–Trinajstić information content (AvgIpc) is 3.23. The second-order valence-electron chi connectivity index (χ2n) is 7.31. The Balaban J connectivity index is 1.49. The van der Waals surface area contributed by atoms with Crippen molar-refractivity contribution in [3.05, 3.63) is 101 Å². The normalized spacial score (nSPS) is 13.2. The van der Waals surface area contributed by atoms with Gasteiger partial charge in [0.15, 0.2) is 6.10 Å². The van der Waals surface area contributed by atoms with Gasteiger partial charge in [-0.05, 0) is 29.8 Å². The molecule has 0 spiro atoms.